The molecule has 0 bridgehead atoms. The first-order valence-electron chi connectivity index (χ1n) is 10.7. The summed E-state index contributed by atoms with van der Waals surface area (Å²) in [6.07, 6.45) is 4.34. The standard InChI is InChI=1S/C19H14N2O3.C7H12O/c22-19(14-7-3-1-4-8-14)17-12-11-16(21(23)24)13-18(17)20-15-9-5-2-6-10-15;1-6-4-2-3-5-7(6)8/h1-13,20H;6H,2-5H2,1H3. The second-order valence-electron chi connectivity index (χ2n) is 7.79. The van der Waals surface area contributed by atoms with Gasteiger partial charge < -0.3 is 5.32 Å². The number of hydrogen-bond donors (Lipinski definition) is 1. The fourth-order valence-corrected chi connectivity index (χ4v) is 3.53. The molecule has 3 aromatic carbocycles. The first-order valence-corrected chi connectivity index (χ1v) is 10.7. The molecule has 0 spiro atoms. The third kappa shape index (κ3) is 6.11. The molecule has 1 N–H and O–H groups in total. The van der Waals surface area contributed by atoms with Crippen LogP contribution in [0.25, 0.3) is 0 Å². The topological polar surface area (TPSA) is 89.3 Å². The Morgan fingerprint density at radius 1 is 0.969 bits per heavy atom. The molecule has 6 heteroatoms. The van der Waals surface area contributed by atoms with Gasteiger partial charge in [0.15, 0.2) is 5.78 Å². The SMILES string of the molecule is CC1CCCCC1=O.O=C(c1ccccc1)c1ccc([N+](=O)[O-])cc1Nc1ccccc1. The van der Waals surface area contributed by atoms with Crippen molar-refractivity contribution in [3.8, 4) is 0 Å². The highest BCUT2D eigenvalue weighted by atomic mass is 16.6. The number of benzene rings is 3. The van der Waals surface area contributed by atoms with Crippen LogP contribution < -0.4 is 5.32 Å². The van der Waals surface area contributed by atoms with Crippen LogP contribution >= 0.6 is 0 Å². The van der Waals surface area contributed by atoms with Crippen LogP contribution in [-0.2, 0) is 4.79 Å². The lowest BCUT2D eigenvalue weighted by Crippen LogP contribution is -2.14. The van der Waals surface area contributed by atoms with E-state index in [1.165, 1.54) is 24.6 Å². The van der Waals surface area contributed by atoms with Crippen molar-refractivity contribution in [2.75, 3.05) is 5.32 Å². The van der Waals surface area contributed by atoms with Gasteiger partial charge in [0.2, 0.25) is 0 Å². The molecule has 1 unspecified atom stereocenters. The van der Waals surface area contributed by atoms with Gasteiger partial charge >= 0.3 is 0 Å². The fourth-order valence-electron chi connectivity index (χ4n) is 3.53. The number of rotatable bonds is 5. The molecule has 1 aliphatic rings. The number of carbonyl (C=O) groups is 2. The number of nitro benzene ring substituents is 1. The van der Waals surface area contributed by atoms with Crippen LogP contribution in [0, 0.1) is 16.0 Å². The average Bonchev–Trinajstić information content (AvgIpc) is 2.82. The van der Waals surface area contributed by atoms with Crippen LogP contribution in [0.2, 0.25) is 0 Å². The average molecular weight is 431 g/mol. The van der Waals surface area contributed by atoms with E-state index in [0.29, 0.717) is 28.5 Å². The predicted molar refractivity (Wildman–Crippen MR) is 125 cm³/mol. The second-order valence-corrected chi connectivity index (χ2v) is 7.79. The third-order valence-electron chi connectivity index (χ3n) is 5.41. The van der Waals surface area contributed by atoms with Crippen molar-refractivity contribution in [3.05, 3.63) is 100 Å². The minimum Gasteiger partial charge on any atom is -0.355 e. The molecule has 4 rings (SSSR count). The van der Waals surface area contributed by atoms with Gasteiger partial charge in [-0.25, -0.2) is 0 Å². The molecule has 3 aromatic rings. The smallest absolute Gasteiger partial charge is 0.271 e. The van der Waals surface area contributed by atoms with Crippen LogP contribution in [0.1, 0.15) is 48.5 Å². The molecule has 0 saturated heterocycles. The molecular formula is C26H26N2O4. The Morgan fingerprint density at radius 2 is 1.62 bits per heavy atom. The maximum absolute atomic E-state index is 12.7. The Hall–Kier alpha value is -3.80. The van der Waals surface area contributed by atoms with E-state index >= 15 is 0 Å². The third-order valence-corrected chi connectivity index (χ3v) is 5.41. The van der Waals surface area contributed by atoms with Gasteiger partial charge in [-0.1, -0.05) is 61.9 Å². The molecule has 1 aliphatic carbocycles. The number of hydrogen-bond acceptors (Lipinski definition) is 5. The van der Waals surface area contributed by atoms with Crippen molar-refractivity contribution in [1.29, 1.82) is 0 Å². The van der Waals surface area contributed by atoms with E-state index in [4.69, 9.17) is 0 Å². The number of ketones is 2. The summed E-state index contributed by atoms with van der Waals surface area (Å²) in [5.41, 5.74) is 2.00. The molecule has 32 heavy (non-hydrogen) atoms. The van der Waals surface area contributed by atoms with Gasteiger partial charge in [0, 0.05) is 41.3 Å². The minimum atomic E-state index is -0.479. The minimum absolute atomic E-state index is 0.0713. The maximum Gasteiger partial charge on any atom is 0.271 e. The van der Waals surface area contributed by atoms with E-state index in [1.807, 2.05) is 43.3 Å². The van der Waals surface area contributed by atoms with Crippen molar-refractivity contribution in [2.45, 2.75) is 32.6 Å². The summed E-state index contributed by atoms with van der Waals surface area (Å²) in [6.45, 7) is 2.03. The normalized spacial score (nSPS) is 15.3. The van der Waals surface area contributed by atoms with Crippen LogP contribution in [0.4, 0.5) is 17.1 Å². The number of para-hydroxylation sites is 1. The van der Waals surface area contributed by atoms with Crippen molar-refractivity contribution >= 4 is 28.6 Å². The largest absolute Gasteiger partial charge is 0.355 e. The highest BCUT2D eigenvalue weighted by Crippen LogP contribution is 2.28. The summed E-state index contributed by atoms with van der Waals surface area (Å²) in [7, 11) is 0. The fraction of sp³-hybridized carbons (Fsp3) is 0.231. The van der Waals surface area contributed by atoms with Crippen molar-refractivity contribution in [1.82, 2.24) is 0 Å². The summed E-state index contributed by atoms with van der Waals surface area (Å²) in [6, 6.07) is 22.2. The number of Topliss-reactive ketones (excluding diaryl/α,β-unsaturated/α-hetero) is 1. The molecule has 1 saturated carbocycles. The predicted octanol–water partition coefficient (Wildman–Crippen LogP) is 6.34. The van der Waals surface area contributed by atoms with Gasteiger partial charge in [0.25, 0.3) is 5.69 Å². The Kier molecular flexibility index (Phi) is 7.86. The number of nitrogens with zero attached hydrogens (tertiary/aromatic N) is 1. The van der Waals surface area contributed by atoms with Crippen LogP contribution in [-0.4, -0.2) is 16.5 Å². The summed E-state index contributed by atoms with van der Waals surface area (Å²) < 4.78 is 0. The summed E-state index contributed by atoms with van der Waals surface area (Å²) in [4.78, 5) is 34.1. The highest BCUT2D eigenvalue weighted by molar-refractivity contribution is 6.12. The number of anilines is 2. The van der Waals surface area contributed by atoms with Gasteiger partial charge in [-0.2, -0.15) is 0 Å². The lowest BCUT2D eigenvalue weighted by atomic mass is 9.90. The van der Waals surface area contributed by atoms with Gasteiger partial charge in [-0.05, 0) is 31.0 Å². The molecule has 6 nitrogen and oxygen atoms in total. The Labute approximate surface area is 187 Å². The number of nitro groups is 1. The first-order chi connectivity index (χ1) is 15.5. The second kappa shape index (κ2) is 11.0. The van der Waals surface area contributed by atoms with Crippen molar-refractivity contribution in [3.63, 3.8) is 0 Å². The van der Waals surface area contributed by atoms with Crippen molar-refractivity contribution < 1.29 is 14.5 Å². The molecular weight excluding hydrogens is 404 g/mol. The van der Waals surface area contributed by atoms with Crippen LogP contribution in [0.3, 0.4) is 0 Å². The summed E-state index contributed by atoms with van der Waals surface area (Å²) in [5.74, 6) is 0.643. The Morgan fingerprint density at radius 3 is 2.19 bits per heavy atom. The lowest BCUT2D eigenvalue weighted by molar-refractivity contribution is -0.384. The molecule has 1 atom stereocenters. The van der Waals surface area contributed by atoms with Gasteiger partial charge in [-0.15, -0.1) is 0 Å². The van der Waals surface area contributed by atoms with Crippen LogP contribution in [0.5, 0.6) is 0 Å². The van der Waals surface area contributed by atoms with E-state index in [9.17, 15) is 19.7 Å². The van der Waals surface area contributed by atoms with E-state index in [2.05, 4.69) is 5.32 Å². The monoisotopic (exact) mass is 430 g/mol. The Balaban J connectivity index is 0.000000305. The number of nitrogens with one attached hydrogen (secondary N) is 1. The molecule has 0 radical (unpaired) electrons. The summed E-state index contributed by atoms with van der Waals surface area (Å²) in [5, 5.41) is 14.1. The molecule has 164 valence electrons. The summed E-state index contributed by atoms with van der Waals surface area (Å²) >= 11 is 0. The lowest BCUT2D eigenvalue weighted by Gasteiger charge is -2.14. The van der Waals surface area contributed by atoms with E-state index in [1.54, 1.807) is 24.3 Å². The zero-order valence-corrected chi connectivity index (χ0v) is 18.0. The van der Waals surface area contributed by atoms with E-state index in [0.717, 1.165) is 24.9 Å². The maximum atomic E-state index is 12.7. The first kappa shape index (κ1) is 22.9. The molecule has 0 heterocycles. The van der Waals surface area contributed by atoms with E-state index < -0.39 is 4.92 Å². The Bertz CT molecular complexity index is 1080. The molecule has 0 aromatic heterocycles. The van der Waals surface area contributed by atoms with E-state index in [-0.39, 0.29) is 11.5 Å². The molecule has 1 fully saturated rings. The van der Waals surface area contributed by atoms with Crippen molar-refractivity contribution in [2.24, 2.45) is 5.92 Å². The zero-order valence-electron chi connectivity index (χ0n) is 18.0. The molecule has 0 amide bonds. The van der Waals surface area contributed by atoms with Gasteiger partial charge in [0.05, 0.1) is 10.6 Å². The van der Waals surface area contributed by atoms with Gasteiger partial charge in [-0.3, -0.25) is 19.7 Å². The molecule has 0 aliphatic heterocycles. The quantitative estimate of drug-likeness (QED) is 0.290. The van der Waals surface area contributed by atoms with Gasteiger partial charge in [0.1, 0.15) is 5.78 Å². The van der Waals surface area contributed by atoms with Crippen LogP contribution in [0.15, 0.2) is 78.9 Å². The zero-order chi connectivity index (χ0) is 22.9. The number of non-ortho nitro benzene ring substituents is 1. The number of carbonyl (C=O) groups excluding carboxylic acids is 2. The highest BCUT2D eigenvalue weighted by Gasteiger charge is 2.18.